The van der Waals surface area contributed by atoms with Crippen LogP contribution in [0.15, 0.2) is 12.1 Å². The summed E-state index contributed by atoms with van der Waals surface area (Å²) in [4.78, 5) is 14.3. The topological polar surface area (TPSA) is 136 Å². The van der Waals surface area contributed by atoms with Crippen LogP contribution in [0.3, 0.4) is 0 Å². The van der Waals surface area contributed by atoms with Crippen molar-refractivity contribution in [2.75, 3.05) is 37.1 Å². The van der Waals surface area contributed by atoms with E-state index in [0.29, 0.717) is 25.4 Å². The summed E-state index contributed by atoms with van der Waals surface area (Å²) in [6.07, 6.45) is 0.638. The Kier molecular flexibility index (Phi) is 6.50. The van der Waals surface area contributed by atoms with Crippen molar-refractivity contribution in [2.24, 2.45) is 5.84 Å². The molecule has 106 valence electrons. The standard InChI is InChI=1S/C10H17N5O4/c11-14-9-3-2-8(15(17)18)10(13-9)12-4-1-6-19-7-5-16/h2-3,16H,1,4-7,11H2,(H2,12,13,14). The molecule has 0 atom stereocenters. The lowest BCUT2D eigenvalue weighted by Gasteiger charge is -2.08. The van der Waals surface area contributed by atoms with E-state index in [9.17, 15) is 10.1 Å². The van der Waals surface area contributed by atoms with E-state index in [-0.39, 0.29) is 24.7 Å². The molecule has 0 amide bonds. The second-order valence-electron chi connectivity index (χ2n) is 3.58. The molecular weight excluding hydrogens is 254 g/mol. The van der Waals surface area contributed by atoms with Gasteiger partial charge in [0, 0.05) is 19.2 Å². The maximum Gasteiger partial charge on any atom is 0.311 e. The molecule has 19 heavy (non-hydrogen) atoms. The molecule has 0 spiro atoms. The van der Waals surface area contributed by atoms with E-state index < -0.39 is 4.92 Å². The number of aliphatic hydroxyl groups excluding tert-OH is 1. The first-order chi connectivity index (χ1) is 9.19. The number of nitrogens with zero attached hydrogens (tertiary/aromatic N) is 2. The number of hydrazine groups is 1. The number of hydrogen-bond acceptors (Lipinski definition) is 8. The second-order valence-corrected chi connectivity index (χ2v) is 3.58. The zero-order valence-electron chi connectivity index (χ0n) is 10.3. The average molecular weight is 271 g/mol. The minimum atomic E-state index is -0.516. The van der Waals surface area contributed by atoms with E-state index >= 15 is 0 Å². The van der Waals surface area contributed by atoms with Crippen LogP contribution in [0.2, 0.25) is 0 Å². The highest BCUT2D eigenvalue weighted by atomic mass is 16.6. The Morgan fingerprint density at radius 3 is 2.89 bits per heavy atom. The van der Waals surface area contributed by atoms with Crippen LogP contribution in [0.5, 0.6) is 0 Å². The smallest absolute Gasteiger partial charge is 0.311 e. The summed E-state index contributed by atoms with van der Waals surface area (Å²) < 4.78 is 5.07. The first-order valence-electron chi connectivity index (χ1n) is 5.73. The SMILES string of the molecule is NNc1ccc([N+](=O)[O-])c(NCCCOCCO)n1. The third-order valence-electron chi connectivity index (χ3n) is 2.21. The predicted molar refractivity (Wildman–Crippen MR) is 69.7 cm³/mol. The predicted octanol–water partition coefficient (Wildman–Crippen LogP) is 0.0863. The van der Waals surface area contributed by atoms with Crippen molar-refractivity contribution in [3.8, 4) is 0 Å². The highest BCUT2D eigenvalue weighted by Crippen LogP contribution is 2.23. The largest absolute Gasteiger partial charge is 0.394 e. The highest BCUT2D eigenvalue weighted by Gasteiger charge is 2.15. The van der Waals surface area contributed by atoms with Crippen molar-refractivity contribution in [1.29, 1.82) is 0 Å². The van der Waals surface area contributed by atoms with Gasteiger partial charge in [-0.25, -0.2) is 10.8 Å². The van der Waals surface area contributed by atoms with Gasteiger partial charge in [-0.05, 0) is 12.5 Å². The molecule has 0 aliphatic rings. The molecule has 1 aromatic heterocycles. The molecule has 5 N–H and O–H groups in total. The molecule has 1 heterocycles. The summed E-state index contributed by atoms with van der Waals surface area (Å²) >= 11 is 0. The monoisotopic (exact) mass is 271 g/mol. The second kappa shape index (κ2) is 8.19. The summed E-state index contributed by atoms with van der Waals surface area (Å²) in [7, 11) is 0. The van der Waals surface area contributed by atoms with Gasteiger partial charge in [0.25, 0.3) is 0 Å². The molecular formula is C10H17N5O4. The number of rotatable bonds is 9. The van der Waals surface area contributed by atoms with Crippen molar-refractivity contribution < 1.29 is 14.8 Å². The first kappa shape index (κ1) is 15.1. The Bertz CT molecular complexity index is 415. The van der Waals surface area contributed by atoms with Gasteiger partial charge < -0.3 is 20.6 Å². The molecule has 1 aromatic rings. The molecule has 9 nitrogen and oxygen atoms in total. The fraction of sp³-hybridized carbons (Fsp3) is 0.500. The first-order valence-corrected chi connectivity index (χ1v) is 5.73. The van der Waals surface area contributed by atoms with E-state index in [1.54, 1.807) is 0 Å². The molecule has 0 saturated heterocycles. The van der Waals surface area contributed by atoms with E-state index in [1.165, 1.54) is 12.1 Å². The third-order valence-corrected chi connectivity index (χ3v) is 2.21. The van der Waals surface area contributed by atoms with Gasteiger partial charge in [-0.1, -0.05) is 0 Å². The Hall–Kier alpha value is -1.97. The molecule has 0 aromatic carbocycles. The number of hydrogen-bond donors (Lipinski definition) is 4. The molecule has 0 saturated carbocycles. The minimum absolute atomic E-state index is 0.0231. The van der Waals surface area contributed by atoms with Crippen LogP contribution in [0.1, 0.15) is 6.42 Å². The molecule has 0 aliphatic carbocycles. The van der Waals surface area contributed by atoms with Crippen LogP contribution < -0.4 is 16.6 Å². The fourth-order valence-corrected chi connectivity index (χ4v) is 1.36. The average Bonchev–Trinajstić information content (AvgIpc) is 2.42. The zero-order chi connectivity index (χ0) is 14.1. The van der Waals surface area contributed by atoms with Crippen LogP contribution >= 0.6 is 0 Å². The summed E-state index contributed by atoms with van der Waals surface area (Å²) in [6, 6.07) is 2.75. The Labute approximate surface area is 109 Å². The number of nitrogens with one attached hydrogen (secondary N) is 2. The van der Waals surface area contributed by atoms with Crippen LogP contribution in [0.25, 0.3) is 0 Å². The lowest BCUT2D eigenvalue weighted by Crippen LogP contribution is -2.13. The van der Waals surface area contributed by atoms with Crippen molar-refractivity contribution in [2.45, 2.75) is 6.42 Å². The van der Waals surface area contributed by atoms with Crippen molar-refractivity contribution in [1.82, 2.24) is 4.98 Å². The summed E-state index contributed by atoms with van der Waals surface area (Å²) in [6.45, 7) is 1.18. The molecule has 0 fully saturated rings. The maximum absolute atomic E-state index is 10.8. The highest BCUT2D eigenvalue weighted by molar-refractivity contribution is 5.59. The van der Waals surface area contributed by atoms with Crippen LogP contribution in [-0.2, 0) is 4.74 Å². The minimum Gasteiger partial charge on any atom is -0.394 e. The van der Waals surface area contributed by atoms with Crippen LogP contribution in [-0.4, -0.2) is 41.4 Å². The van der Waals surface area contributed by atoms with Gasteiger partial charge in [-0.15, -0.1) is 0 Å². The molecule has 9 heteroatoms. The lowest BCUT2D eigenvalue weighted by atomic mass is 10.3. The summed E-state index contributed by atoms with van der Waals surface area (Å²) in [5, 5.41) is 22.2. The molecule has 1 rings (SSSR count). The molecule has 0 unspecified atom stereocenters. The fourth-order valence-electron chi connectivity index (χ4n) is 1.36. The number of nitrogen functional groups attached to an aromatic ring is 1. The van der Waals surface area contributed by atoms with Gasteiger partial charge in [-0.2, -0.15) is 0 Å². The number of ether oxygens (including phenoxy) is 1. The van der Waals surface area contributed by atoms with Gasteiger partial charge in [0.05, 0.1) is 18.1 Å². The third kappa shape index (κ3) is 5.04. The quantitative estimate of drug-likeness (QED) is 0.215. The Balaban J connectivity index is 2.52. The van der Waals surface area contributed by atoms with Crippen molar-refractivity contribution in [3.63, 3.8) is 0 Å². The summed E-state index contributed by atoms with van der Waals surface area (Å²) in [5.74, 6) is 5.69. The van der Waals surface area contributed by atoms with Crippen molar-refractivity contribution in [3.05, 3.63) is 22.2 Å². The maximum atomic E-state index is 10.8. The van der Waals surface area contributed by atoms with Gasteiger partial charge >= 0.3 is 5.69 Å². The van der Waals surface area contributed by atoms with Gasteiger partial charge in [-0.3, -0.25) is 10.1 Å². The number of aromatic nitrogens is 1. The van der Waals surface area contributed by atoms with E-state index in [1.807, 2.05) is 0 Å². The Morgan fingerprint density at radius 2 is 2.26 bits per heavy atom. The van der Waals surface area contributed by atoms with Gasteiger partial charge in [0.2, 0.25) is 5.82 Å². The van der Waals surface area contributed by atoms with Crippen LogP contribution in [0.4, 0.5) is 17.3 Å². The van der Waals surface area contributed by atoms with E-state index in [0.717, 1.165) is 0 Å². The number of anilines is 2. The molecule has 0 aliphatic heterocycles. The zero-order valence-corrected chi connectivity index (χ0v) is 10.3. The normalized spacial score (nSPS) is 10.2. The Morgan fingerprint density at radius 1 is 1.47 bits per heavy atom. The number of pyridine rings is 1. The van der Waals surface area contributed by atoms with Crippen molar-refractivity contribution >= 4 is 17.3 Å². The number of aliphatic hydroxyl groups is 1. The van der Waals surface area contributed by atoms with E-state index in [2.05, 4.69) is 15.7 Å². The number of nitro groups is 1. The van der Waals surface area contributed by atoms with Gasteiger partial charge in [0.15, 0.2) is 0 Å². The lowest BCUT2D eigenvalue weighted by molar-refractivity contribution is -0.384. The van der Waals surface area contributed by atoms with E-state index in [4.69, 9.17) is 15.7 Å². The number of nitrogens with two attached hydrogens (primary N) is 1. The van der Waals surface area contributed by atoms with Gasteiger partial charge in [0.1, 0.15) is 5.82 Å². The molecule has 0 bridgehead atoms. The molecule has 0 radical (unpaired) electrons. The van der Waals surface area contributed by atoms with Crippen LogP contribution in [0, 0.1) is 10.1 Å². The summed E-state index contributed by atoms with van der Waals surface area (Å²) in [5.41, 5.74) is 2.21.